The first-order valence-corrected chi connectivity index (χ1v) is 12.8. The van der Waals surface area contributed by atoms with Crippen molar-refractivity contribution in [1.29, 1.82) is 0 Å². The average molecular weight is 574 g/mol. The van der Waals surface area contributed by atoms with Crippen molar-refractivity contribution in [3.05, 3.63) is 27.8 Å². The van der Waals surface area contributed by atoms with Gasteiger partial charge in [0.15, 0.2) is 0 Å². The number of likely N-dealkylation sites (N-methyl/N-ethyl adjacent to an activating group) is 1. The number of carbonyl (C=O) groups excluding carboxylic acids is 2. The first kappa shape index (κ1) is 27.7. The van der Waals surface area contributed by atoms with Crippen LogP contribution in [0.25, 0.3) is 0 Å². The van der Waals surface area contributed by atoms with Crippen molar-refractivity contribution in [2.24, 2.45) is 5.92 Å². The molecule has 0 heterocycles. The van der Waals surface area contributed by atoms with Crippen molar-refractivity contribution in [3.8, 4) is 0 Å². The zero-order valence-corrected chi connectivity index (χ0v) is 23.1. The van der Waals surface area contributed by atoms with E-state index in [1.54, 1.807) is 11.9 Å². The van der Waals surface area contributed by atoms with Crippen LogP contribution in [0.1, 0.15) is 53.4 Å². The van der Waals surface area contributed by atoms with Crippen molar-refractivity contribution >= 4 is 40.3 Å². The highest BCUT2D eigenvalue weighted by Gasteiger charge is 2.28. The highest BCUT2D eigenvalue weighted by atomic mass is 127. The molecule has 1 amide bonds. The van der Waals surface area contributed by atoms with Gasteiger partial charge in [0.1, 0.15) is 12.3 Å². The van der Waals surface area contributed by atoms with Crippen LogP contribution in [-0.2, 0) is 14.3 Å². The Labute approximate surface area is 212 Å². The molecule has 1 aromatic rings. The number of amides is 1. The Bertz CT molecular complexity index is 758. The van der Waals surface area contributed by atoms with Gasteiger partial charge in [0, 0.05) is 56.0 Å². The van der Waals surface area contributed by atoms with Crippen molar-refractivity contribution in [2.45, 2.75) is 65.0 Å². The van der Waals surface area contributed by atoms with Gasteiger partial charge in [0.2, 0.25) is 0 Å². The van der Waals surface area contributed by atoms with Gasteiger partial charge in [0.25, 0.3) is 0 Å². The summed E-state index contributed by atoms with van der Waals surface area (Å²) >= 11 is 2.33. The summed E-state index contributed by atoms with van der Waals surface area (Å²) in [6.07, 6.45) is 4.05. The Morgan fingerprint density at radius 3 is 2.18 bits per heavy atom. The molecule has 0 N–H and O–H groups in total. The number of halogens is 1. The van der Waals surface area contributed by atoms with Crippen LogP contribution in [0, 0.1) is 9.49 Å². The average Bonchev–Trinajstić information content (AvgIpc) is 2.73. The highest BCUT2D eigenvalue weighted by Crippen LogP contribution is 2.29. The fourth-order valence-electron chi connectivity index (χ4n) is 4.12. The lowest BCUT2D eigenvalue weighted by atomic mass is 9.85. The molecular weight excluding hydrogens is 533 g/mol. The standard InChI is InChI=1S/C25H40IN3O4/c1-19(30)32-18-29(16-15-27(5)24(31)33-25(2,3)4)23-11-7-20(8-12-23)17-28(6)22-13-9-21(26)10-14-22/h9-10,13-14,20,23H,7-8,11-12,15-18H2,1-6H3. The Morgan fingerprint density at radius 1 is 1.03 bits per heavy atom. The molecule has 0 saturated heterocycles. The first-order chi connectivity index (χ1) is 15.4. The minimum Gasteiger partial charge on any atom is -0.450 e. The van der Waals surface area contributed by atoms with E-state index in [2.05, 4.69) is 63.7 Å². The summed E-state index contributed by atoms with van der Waals surface area (Å²) in [6.45, 7) is 9.48. The maximum Gasteiger partial charge on any atom is 0.410 e. The van der Waals surface area contributed by atoms with Crippen LogP contribution in [0.15, 0.2) is 24.3 Å². The predicted molar refractivity (Wildman–Crippen MR) is 140 cm³/mol. The van der Waals surface area contributed by atoms with Gasteiger partial charge in [0.05, 0.1) is 0 Å². The second-order valence-electron chi connectivity index (χ2n) is 10.0. The van der Waals surface area contributed by atoms with E-state index in [0.29, 0.717) is 25.0 Å². The predicted octanol–water partition coefficient (Wildman–Crippen LogP) is 4.98. The lowest BCUT2D eigenvalue weighted by Gasteiger charge is -2.38. The molecule has 8 heteroatoms. The smallest absolute Gasteiger partial charge is 0.410 e. The van der Waals surface area contributed by atoms with E-state index in [1.165, 1.54) is 16.2 Å². The van der Waals surface area contributed by atoms with Gasteiger partial charge in [-0.3, -0.25) is 9.69 Å². The second-order valence-corrected chi connectivity index (χ2v) is 11.3. The first-order valence-electron chi connectivity index (χ1n) is 11.7. The van der Waals surface area contributed by atoms with Crippen LogP contribution in [0.3, 0.4) is 0 Å². The Hall–Kier alpha value is -1.55. The molecule has 1 saturated carbocycles. The number of hydrogen-bond donors (Lipinski definition) is 0. The van der Waals surface area contributed by atoms with E-state index >= 15 is 0 Å². The van der Waals surface area contributed by atoms with Gasteiger partial charge in [-0.2, -0.15) is 0 Å². The molecule has 0 bridgehead atoms. The maximum absolute atomic E-state index is 12.3. The van der Waals surface area contributed by atoms with E-state index in [4.69, 9.17) is 9.47 Å². The van der Waals surface area contributed by atoms with Gasteiger partial charge in [-0.1, -0.05) is 0 Å². The summed E-state index contributed by atoms with van der Waals surface area (Å²) in [6, 6.07) is 8.98. The molecule has 0 aliphatic heterocycles. The SMILES string of the molecule is CC(=O)OCN(CCN(C)C(=O)OC(C)(C)C)C1CCC(CN(C)c2ccc(I)cc2)CC1. The summed E-state index contributed by atoms with van der Waals surface area (Å²) in [5.41, 5.74) is 0.728. The molecule has 1 aromatic carbocycles. The Morgan fingerprint density at radius 2 is 1.64 bits per heavy atom. The number of hydrogen-bond acceptors (Lipinski definition) is 6. The third-order valence-electron chi connectivity index (χ3n) is 5.99. The molecule has 0 atom stereocenters. The van der Waals surface area contributed by atoms with E-state index in [-0.39, 0.29) is 18.8 Å². The van der Waals surface area contributed by atoms with Gasteiger partial charge in [-0.05, 0) is 99.2 Å². The maximum atomic E-state index is 12.3. The molecule has 1 aliphatic carbocycles. The third kappa shape index (κ3) is 10.1. The van der Waals surface area contributed by atoms with E-state index < -0.39 is 5.60 Å². The monoisotopic (exact) mass is 573 g/mol. The molecule has 0 unspecified atom stereocenters. The molecule has 0 spiro atoms. The number of benzene rings is 1. The molecule has 0 radical (unpaired) electrons. The van der Waals surface area contributed by atoms with Crippen LogP contribution in [0.2, 0.25) is 0 Å². The van der Waals surface area contributed by atoms with Crippen molar-refractivity contribution in [3.63, 3.8) is 0 Å². The van der Waals surface area contributed by atoms with Crippen molar-refractivity contribution in [2.75, 3.05) is 45.4 Å². The number of rotatable bonds is 9. The molecule has 2 rings (SSSR count). The Balaban J connectivity index is 1.87. The zero-order valence-electron chi connectivity index (χ0n) is 21.0. The normalized spacial score (nSPS) is 18.7. The summed E-state index contributed by atoms with van der Waals surface area (Å²) in [7, 11) is 3.91. The highest BCUT2D eigenvalue weighted by molar-refractivity contribution is 14.1. The third-order valence-corrected chi connectivity index (χ3v) is 6.71. The number of nitrogens with zero attached hydrogens (tertiary/aromatic N) is 3. The minimum absolute atomic E-state index is 0.259. The van der Waals surface area contributed by atoms with Crippen LogP contribution in [0.5, 0.6) is 0 Å². The largest absolute Gasteiger partial charge is 0.450 e. The van der Waals surface area contributed by atoms with E-state index in [9.17, 15) is 9.59 Å². The molecule has 186 valence electrons. The van der Waals surface area contributed by atoms with E-state index in [0.717, 1.165) is 32.2 Å². The quantitative estimate of drug-likeness (QED) is 0.236. The number of esters is 1. The molecule has 1 fully saturated rings. The lowest BCUT2D eigenvalue weighted by molar-refractivity contribution is -0.147. The molecule has 33 heavy (non-hydrogen) atoms. The fourth-order valence-corrected chi connectivity index (χ4v) is 4.48. The molecular formula is C25H40IN3O4. The number of anilines is 1. The summed E-state index contributed by atoms with van der Waals surface area (Å²) < 4.78 is 12.0. The second kappa shape index (κ2) is 12.8. The van der Waals surface area contributed by atoms with E-state index in [1.807, 2.05) is 20.8 Å². The minimum atomic E-state index is -0.521. The summed E-state index contributed by atoms with van der Waals surface area (Å²) in [5.74, 6) is 0.360. The van der Waals surface area contributed by atoms with Crippen LogP contribution < -0.4 is 4.90 Å². The van der Waals surface area contributed by atoms with Crippen molar-refractivity contribution in [1.82, 2.24) is 9.80 Å². The van der Waals surface area contributed by atoms with Crippen LogP contribution in [0.4, 0.5) is 10.5 Å². The number of carbonyl (C=O) groups is 2. The fraction of sp³-hybridized carbons (Fsp3) is 0.680. The van der Waals surface area contributed by atoms with Crippen LogP contribution in [-0.4, -0.2) is 74.0 Å². The zero-order chi connectivity index (χ0) is 24.6. The summed E-state index contributed by atoms with van der Waals surface area (Å²) in [5, 5.41) is 0. The molecule has 0 aromatic heterocycles. The van der Waals surface area contributed by atoms with Gasteiger partial charge in [-0.25, -0.2) is 4.79 Å². The number of ether oxygens (including phenoxy) is 2. The van der Waals surface area contributed by atoms with Gasteiger partial charge in [-0.15, -0.1) is 0 Å². The van der Waals surface area contributed by atoms with Crippen molar-refractivity contribution < 1.29 is 19.1 Å². The van der Waals surface area contributed by atoms with Gasteiger partial charge < -0.3 is 19.3 Å². The topological polar surface area (TPSA) is 62.3 Å². The Kier molecular flexibility index (Phi) is 10.7. The van der Waals surface area contributed by atoms with Crippen LogP contribution >= 0.6 is 22.6 Å². The molecule has 7 nitrogen and oxygen atoms in total. The van der Waals surface area contributed by atoms with Gasteiger partial charge >= 0.3 is 12.1 Å². The lowest BCUT2D eigenvalue weighted by Crippen LogP contribution is -2.45. The molecule has 1 aliphatic rings. The summed E-state index contributed by atoms with van der Waals surface area (Å²) in [4.78, 5) is 29.8.